The van der Waals surface area contributed by atoms with E-state index >= 15 is 0 Å². The molecule has 5 heteroatoms. The Kier molecular flexibility index (Phi) is 3.61. The van der Waals surface area contributed by atoms with Crippen LogP contribution < -0.4 is 0 Å². The zero-order chi connectivity index (χ0) is 14.1. The van der Waals surface area contributed by atoms with E-state index in [0.29, 0.717) is 16.8 Å². The van der Waals surface area contributed by atoms with Crippen LogP contribution in [0.5, 0.6) is 0 Å². The maximum atomic E-state index is 12.9. The smallest absolute Gasteiger partial charge is 0.258 e. The molecule has 3 nitrogen and oxygen atoms in total. The van der Waals surface area contributed by atoms with Crippen LogP contribution in [0.3, 0.4) is 0 Å². The second-order valence-electron chi connectivity index (χ2n) is 4.90. The minimum absolute atomic E-state index is 0.0579. The predicted molar refractivity (Wildman–Crippen MR) is 75.7 cm³/mol. The average Bonchev–Trinajstić information content (AvgIpc) is 3.19. The van der Waals surface area contributed by atoms with Crippen LogP contribution in [-0.4, -0.2) is 16.8 Å². The third kappa shape index (κ3) is 2.77. The fourth-order valence-corrected chi connectivity index (χ4v) is 2.55. The van der Waals surface area contributed by atoms with E-state index in [0.717, 1.165) is 18.4 Å². The fraction of sp³-hybridized carbons (Fsp3) is 0.267. The van der Waals surface area contributed by atoms with Gasteiger partial charge in [-0.25, -0.2) is 4.39 Å². The molecule has 1 aromatic heterocycles. The molecule has 0 radical (unpaired) electrons. The Balaban J connectivity index is 1.81. The molecule has 0 saturated heterocycles. The summed E-state index contributed by atoms with van der Waals surface area (Å²) in [5.74, 6) is -0.326. The van der Waals surface area contributed by atoms with Gasteiger partial charge in [-0.2, -0.15) is 0 Å². The molecular weight excluding hydrogens is 325 g/mol. The minimum atomic E-state index is -0.268. The summed E-state index contributed by atoms with van der Waals surface area (Å²) < 4.78 is 18.5. The SMILES string of the molecule is O=C(c1ccoc1Br)N(Cc1ccc(F)cc1)C1CC1. The Morgan fingerprint density at radius 2 is 2.00 bits per heavy atom. The van der Waals surface area contributed by atoms with E-state index in [1.54, 1.807) is 18.2 Å². The van der Waals surface area contributed by atoms with Gasteiger partial charge in [-0.15, -0.1) is 0 Å². The van der Waals surface area contributed by atoms with Gasteiger partial charge in [0, 0.05) is 12.6 Å². The van der Waals surface area contributed by atoms with Crippen LogP contribution in [0.15, 0.2) is 45.7 Å². The summed E-state index contributed by atoms with van der Waals surface area (Å²) >= 11 is 3.24. The number of amides is 1. The van der Waals surface area contributed by atoms with Crippen molar-refractivity contribution in [2.45, 2.75) is 25.4 Å². The van der Waals surface area contributed by atoms with Crippen molar-refractivity contribution in [2.75, 3.05) is 0 Å². The normalized spacial score (nSPS) is 14.3. The first-order valence-corrected chi connectivity index (χ1v) is 7.23. The van der Waals surface area contributed by atoms with Crippen molar-refractivity contribution < 1.29 is 13.6 Å². The van der Waals surface area contributed by atoms with E-state index in [1.165, 1.54) is 18.4 Å². The lowest BCUT2D eigenvalue weighted by Crippen LogP contribution is -2.32. The summed E-state index contributed by atoms with van der Waals surface area (Å²) in [4.78, 5) is 14.4. The summed E-state index contributed by atoms with van der Waals surface area (Å²) in [6.07, 6.45) is 3.52. The van der Waals surface area contributed by atoms with Crippen LogP contribution in [0.4, 0.5) is 4.39 Å². The van der Waals surface area contributed by atoms with Crippen molar-refractivity contribution >= 4 is 21.8 Å². The molecule has 1 fully saturated rings. The number of benzene rings is 1. The molecule has 1 heterocycles. The van der Waals surface area contributed by atoms with Crippen molar-refractivity contribution in [1.82, 2.24) is 4.90 Å². The first kappa shape index (κ1) is 13.4. The summed E-state index contributed by atoms with van der Waals surface area (Å²) in [6.45, 7) is 0.488. The Morgan fingerprint density at radius 1 is 1.30 bits per heavy atom. The number of hydrogen-bond acceptors (Lipinski definition) is 2. The highest BCUT2D eigenvalue weighted by Gasteiger charge is 2.34. The highest BCUT2D eigenvalue weighted by atomic mass is 79.9. The van der Waals surface area contributed by atoms with Crippen LogP contribution in [0.25, 0.3) is 0 Å². The quantitative estimate of drug-likeness (QED) is 0.845. The molecule has 0 unspecified atom stereocenters. The van der Waals surface area contributed by atoms with Crippen molar-refractivity contribution in [3.05, 3.63) is 58.2 Å². The van der Waals surface area contributed by atoms with Crippen molar-refractivity contribution in [1.29, 1.82) is 0 Å². The highest BCUT2D eigenvalue weighted by molar-refractivity contribution is 9.10. The van der Waals surface area contributed by atoms with E-state index in [1.807, 2.05) is 4.90 Å². The van der Waals surface area contributed by atoms with Crippen molar-refractivity contribution in [2.24, 2.45) is 0 Å². The molecular formula is C15H13BrFNO2. The molecule has 1 saturated carbocycles. The number of rotatable bonds is 4. The second-order valence-corrected chi connectivity index (χ2v) is 5.62. The summed E-state index contributed by atoms with van der Waals surface area (Å²) in [7, 11) is 0. The molecule has 1 aromatic carbocycles. The molecule has 20 heavy (non-hydrogen) atoms. The number of nitrogens with zero attached hydrogens (tertiary/aromatic N) is 1. The molecule has 0 spiro atoms. The molecule has 3 rings (SSSR count). The summed E-state index contributed by atoms with van der Waals surface area (Å²) in [5, 5.41) is 0. The molecule has 0 bridgehead atoms. The second kappa shape index (κ2) is 5.40. The lowest BCUT2D eigenvalue weighted by atomic mass is 10.2. The van der Waals surface area contributed by atoms with Gasteiger partial charge in [0.15, 0.2) is 4.67 Å². The summed E-state index contributed by atoms with van der Waals surface area (Å²) in [5.41, 5.74) is 1.45. The van der Waals surface area contributed by atoms with Crippen LogP contribution in [0.2, 0.25) is 0 Å². The molecule has 1 aliphatic carbocycles. The largest absolute Gasteiger partial charge is 0.457 e. The topological polar surface area (TPSA) is 33.5 Å². The van der Waals surface area contributed by atoms with Crippen LogP contribution in [-0.2, 0) is 6.54 Å². The zero-order valence-electron chi connectivity index (χ0n) is 10.7. The van der Waals surface area contributed by atoms with Gasteiger partial charge in [-0.3, -0.25) is 4.79 Å². The van der Waals surface area contributed by atoms with Gasteiger partial charge < -0.3 is 9.32 Å². The standard InChI is InChI=1S/C15H13BrFNO2/c16-14-13(7-8-20-14)15(19)18(12-5-6-12)9-10-1-3-11(17)4-2-10/h1-4,7-8,12H,5-6,9H2. The number of halogens is 2. The monoisotopic (exact) mass is 337 g/mol. The lowest BCUT2D eigenvalue weighted by molar-refractivity contribution is 0.0728. The molecule has 104 valence electrons. The zero-order valence-corrected chi connectivity index (χ0v) is 12.3. The van der Waals surface area contributed by atoms with Gasteiger partial charge in [0.05, 0.1) is 11.8 Å². The first-order valence-electron chi connectivity index (χ1n) is 6.43. The molecule has 1 amide bonds. The van der Waals surface area contributed by atoms with E-state index in [9.17, 15) is 9.18 Å². The average molecular weight is 338 g/mol. The molecule has 0 atom stereocenters. The van der Waals surface area contributed by atoms with Gasteiger partial charge in [0.25, 0.3) is 5.91 Å². The van der Waals surface area contributed by atoms with E-state index in [2.05, 4.69) is 15.9 Å². The number of carbonyl (C=O) groups excluding carboxylic acids is 1. The minimum Gasteiger partial charge on any atom is -0.457 e. The maximum absolute atomic E-state index is 12.9. The van der Waals surface area contributed by atoms with E-state index in [-0.39, 0.29) is 17.8 Å². The van der Waals surface area contributed by atoms with Crippen molar-refractivity contribution in [3.8, 4) is 0 Å². The van der Waals surface area contributed by atoms with E-state index < -0.39 is 0 Å². The Bertz CT molecular complexity index is 619. The number of furan rings is 1. The van der Waals surface area contributed by atoms with Crippen LogP contribution in [0.1, 0.15) is 28.8 Å². The Labute approximate surface area is 124 Å². The molecule has 2 aromatic rings. The molecule has 0 N–H and O–H groups in total. The Morgan fingerprint density at radius 3 is 2.55 bits per heavy atom. The third-order valence-electron chi connectivity index (χ3n) is 3.36. The van der Waals surface area contributed by atoms with Gasteiger partial charge >= 0.3 is 0 Å². The fourth-order valence-electron chi connectivity index (χ4n) is 2.14. The maximum Gasteiger partial charge on any atom is 0.258 e. The van der Waals surface area contributed by atoms with Gasteiger partial charge in [0.2, 0.25) is 0 Å². The van der Waals surface area contributed by atoms with Crippen LogP contribution >= 0.6 is 15.9 Å². The van der Waals surface area contributed by atoms with Gasteiger partial charge in [0.1, 0.15) is 5.82 Å². The van der Waals surface area contributed by atoms with Gasteiger partial charge in [-0.1, -0.05) is 12.1 Å². The number of carbonyl (C=O) groups is 1. The lowest BCUT2D eigenvalue weighted by Gasteiger charge is -2.22. The van der Waals surface area contributed by atoms with Crippen LogP contribution in [0, 0.1) is 5.82 Å². The highest BCUT2D eigenvalue weighted by Crippen LogP contribution is 2.31. The number of hydrogen-bond donors (Lipinski definition) is 0. The first-order chi connectivity index (χ1) is 9.65. The predicted octanol–water partition coefficient (Wildman–Crippen LogP) is 3.99. The van der Waals surface area contributed by atoms with Gasteiger partial charge in [-0.05, 0) is 52.5 Å². The van der Waals surface area contributed by atoms with E-state index in [4.69, 9.17) is 4.42 Å². The Hall–Kier alpha value is -1.62. The summed E-state index contributed by atoms with van der Waals surface area (Å²) in [6, 6.07) is 8.18. The molecule has 0 aliphatic heterocycles. The molecule has 1 aliphatic rings. The van der Waals surface area contributed by atoms with Crippen molar-refractivity contribution in [3.63, 3.8) is 0 Å². The third-order valence-corrected chi connectivity index (χ3v) is 3.98.